The number of amides is 3. The fourth-order valence-corrected chi connectivity index (χ4v) is 5.31. The molecule has 10 nitrogen and oxygen atoms in total. The first kappa shape index (κ1) is 26.1. The van der Waals surface area contributed by atoms with Gasteiger partial charge < -0.3 is 14.6 Å². The Balaban J connectivity index is 1.45. The number of nitrogens with two attached hydrogens (primary N) is 1. The number of ether oxygens (including phenoxy) is 1. The third kappa shape index (κ3) is 5.14. The highest BCUT2D eigenvalue weighted by molar-refractivity contribution is 7.89. The standard InChI is InChI=1S/C28H26N4O6S/c1-38-21-10-6-18(7-11-21)27(34)31(15-14-19-17-30-24-5-3-2-4-23(19)24)25-16-26(33)32(28(25)35)20-8-12-22(13-9-20)39(29,36)37/h2-13,17,25,30H,14-16H2,1H3,(H2,29,36,37). The second-order valence-corrected chi connectivity index (χ2v) is 10.7. The quantitative estimate of drug-likeness (QED) is 0.326. The molecule has 4 aromatic rings. The first-order valence-corrected chi connectivity index (χ1v) is 13.7. The number of benzene rings is 3. The summed E-state index contributed by atoms with van der Waals surface area (Å²) in [4.78, 5) is 45.8. The Morgan fingerprint density at radius 3 is 2.41 bits per heavy atom. The van der Waals surface area contributed by atoms with Crippen molar-refractivity contribution in [3.05, 3.63) is 90.1 Å². The monoisotopic (exact) mass is 546 g/mol. The Hall–Kier alpha value is -4.48. The number of nitrogens with one attached hydrogen (secondary N) is 1. The fraction of sp³-hybridized carbons (Fsp3) is 0.179. The molecule has 11 heteroatoms. The van der Waals surface area contributed by atoms with E-state index in [0.717, 1.165) is 21.4 Å². The minimum Gasteiger partial charge on any atom is -0.497 e. The molecular weight excluding hydrogens is 520 g/mol. The van der Waals surface area contributed by atoms with Gasteiger partial charge in [0, 0.05) is 29.2 Å². The molecule has 200 valence electrons. The smallest absolute Gasteiger partial charge is 0.257 e. The van der Waals surface area contributed by atoms with Gasteiger partial charge in [0.05, 0.1) is 24.1 Å². The lowest BCUT2D eigenvalue weighted by Crippen LogP contribution is -2.46. The number of aromatic amines is 1. The van der Waals surface area contributed by atoms with E-state index >= 15 is 0 Å². The molecule has 1 aromatic heterocycles. The van der Waals surface area contributed by atoms with Gasteiger partial charge in [-0.05, 0) is 66.6 Å². The number of methoxy groups -OCH3 is 1. The number of hydrogen-bond donors (Lipinski definition) is 2. The molecule has 3 amide bonds. The number of H-pyrrole nitrogens is 1. The van der Waals surface area contributed by atoms with Crippen molar-refractivity contribution < 1.29 is 27.5 Å². The number of rotatable bonds is 8. The van der Waals surface area contributed by atoms with Gasteiger partial charge >= 0.3 is 0 Å². The zero-order chi connectivity index (χ0) is 27.7. The van der Waals surface area contributed by atoms with Crippen LogP contribution in [-0.2, 0) is 26.0 Å². The number of fused-ring (bicyclic) bond motifs is 1. The summed E-state index contributed by atoms with van der Waals surface area (Å²) in [6.45, 7) is 0.189. The molecule has 1 aliphatic rings. The first-order chi connectivity index (χ1) is 18.7. The molecular formula is C28H26N4O6S. The van der Waals surface area contributed by atoms with Crippen LogP contribution in [0.1, 0.15) is 22.3 Å². The number of aromatic nitrogens is 1. The van der Waals surface area contributed by atoms with Gasteiger partial charge in [-0.25, -0.2) is 18.5 Å². The van der Waals surface area contributed by atoms with E-state index in [9.17, 15) is 22.8 Å². The minimum absolute atomic E-state index is 0.142. The Morgan fingerprint density at radius 1 is 1.05 bits per heavy atom. The van der Waals surface area contributed by atoms with Crippen LogP contribution < -0.4 is 14.8 Å². The normalized spacial score (nSPS) is 15.6. The van der Waals surface area contributed by atoms with E-state index in [1.54, 1.807) is 24.3 Å². The van der Waals surface area contributed by atoms with E-state index in [0.29, 0.717) is 17.7 Å². The second kappa shape index (κ2) is 10.4. The van der Waals surface area contributed by atoms with Crippen molar-refractivity contribution in [2.24, 2.45) is 5.14 Å². The van der Waals surface area contributed by atoms with Gasteiger partial charge in [-0.2, -0.15) is 0 Å². The summed E-state index contributed by atoms with van der Waals surface area (Å²) in [5.41, 5.74) is 2.49. The lowest BCUT2D eigenvalue weighted by Gasteiger charge is -2.28. The molecule has 0 bridgehead atoms. The van der Waals surface area contributed by atoms with Gasteiger partial charge in [-0.1, -0.05) is 18.2 Å². The maximum atomic E-state index is 13.7. The average Bonchev–Trinajstić information content (AvgIpc) is 3.48. The van der Waals surface area contributed by atoms with Crippen LogP contribution in [0.2, 0.25) is 0 Å². The summed E-state index contributed by atoms with van der Waals surface area (Å²) < 4.78 is 28.4. The Labute approximate surface area is 225 Å². The van der Waals surface area contributed by atoms with Crippen LogP contribution in [0.3, 0.4) is 0 Å². The molecule has 0 radical (unpaired) electrons. The fourth-order valence-electron chi connectivity index (χ4n) is 4.79. The van der Waals surface area contributed by atoms with Gasteiger partial charge in [-0.15, -0.1) is 0 Å². The SMILES string of the molecule is COc1ccc(C(=O)N(CCc2c[nH]c3ccccc23)C2CC(=O)N(c3ccc(S(N)(=O)=O)cc3)C2=O)cc1. The van der Waals surface area contributed by atoms with E-state index in [1.807, 2.05) is 30.5 Å². The summed E-state index contributed by atoms with van der Waals surface area (Å²) in [5, 5.41) is 6.18. The van der Waals surface area contributed by atoms with E-state index in [2.05, 4.69) is 4.98 Å². The highest BCUT2D eigenvalue weighted by Crippen LogP contribution is 2.29. The molecule has 0 spiro atoms. The topological polar surface area (TPSA) is 143 Å². The number of carbonyl (C=O) groups excluding carboxylic acids is 3. The average molecular weight is 547 g/mol. The number of hydrogen-bond acceptors (Lipinski definition) is 6. The maximum Gasteiger partial charge on any atom is 0.257 e. The van der Waals surface area contributed by atoms with Crippen LogP contribution in [0, 0.1) is 0 Å². The third-order valence-electron chi connectivity index (χ3n) is 6.82. The van der Waals surface area contributed by atoms with Gasteiger partial charge in [0.15, 0.2) is 0 Å². The molecule has 2 heterocycles. The van der Waals surface area contributed by atoms with E-state index in [4.69, 9.17) is 9.88 Å². The lowest BCUT2D eigenvalue weighted by atomic mass is 10.1. The molecule has 1 saturated heterocycles. The van der Waals surface area contributed by atoms with Crippen molar-refractivity contribution in [2.45, 2.75) is 23.8 Å². The Morgan fingerprint density at radius 2 is 1.74 bits per heavy atom. The highest BCUT2D eigenvalue weighted by atomic mass is 32.2. The second-order valence-electron chi connectivity index (χ2n) is 9.16. The van der Waals surface area contributed by atoms with Crippen LogP contribution in [0.4, 0.5) is 5.69 Å². The molecule has 0 saturated carbocycles. The van der Waals surface area contributed by atoms with Crippen molar-refractivity contribution in [1.82, 2.24) is 9.88 Å². The lowest BCUT2D eigenvalue weighted by molar-refractivity contribution is -0.122. The highest BCUT2D eigenvalue weighted by Gasteiger charge is 2.44. The number of sulfonamides is 1. The zero-order valence-electron chi connectivity index (χ0n) is 21.0. The molecule has 1 fully saturated rings. The van der Waals surface area contributed by atoms with Crippen LogP contribution >= 0.6 is 0 Å². The van der Waals surface area contributed by atoms with Crippen molar-refractivity contribution in [3.8, 4) is 5.75 Å². The molecule has 39 heavy (non-hydrogen) atoms. The van der Waals surface area contributed by atoms with Gasteiger partial charge in [0.2, 0.25) is 15.9 Å². The molecule has 1 atom stereocenters. The Bertz CT molecular complexity index is 1660. The number of imide groups is 1. The number of carbonyl (C=O) groups is 3. The minimum atomic E-state index is -3.94. The molecule has 3 aromatic carbocycles. The van der Waals surface area contributed by atoms with Crippen molar-refractivity contribution in [2.75, 3.05) is 18.6 Å². The van der Waals surface area contributed by atoms with Crippen LogP contribution in [0.25, 0.3) is 10.9 Å². The summed E-state index contributed by atoms with van der Waals surface area (Å²) in [7, 11) is -2.41. The van der Waals surface area contributed by atoms with E-state index in [-0.39, 0.29) is 23.5 Å². The van der Waals surface area contributed by atoms with E-state index < -0.39 is 33.8 Å². The number of nitrogens with zero attached hydrogens (tertiary/aromatic N) is 2. The zero-order valence-corrected chi connectivity index (χ0v) is 21.9. The number of para-hydroxylation sites is 1. The molecule has 1 unspecified atom stereocenters. The Kier molecular flexibility index (Phi) is 6.94. The number of primary sulfonamides is 1. The van der Waals surface area contributed by atoms with Crippen molar-refractivity contribution >= 4 is 44.3 Å². The molecule has 3 N–H and O–H groups in total. The van der Waals surface area contributed by atoms with Crippen molar-refractivity contribution in [1.29, 1.82) is 0 Å². The maximum absolute atomic E-state index is 13.7. The van der Waals surface area contributed by atoms with Crippen LogP contribution in [0.5, 0.6) is 5.75 Å². The largest absolute Gasteiger partial charge is 0.497 e. The molecule has 5 rings (SSSR count). The van der Waals surface area contributed by atoms with Gasteiger partial charge in [-0.3, -0.25) is 14.4 Å². The number of anilines is 1. The predicted octanol–water partition coefficient (Wildman–Crippen LogP) is 2.84. The molecule has 0 aliphatic carbocycles. The summed E-state index contributed by atoms with van der Waals surface area (Å²) in [6, 6.07) is 18.5. The summed E-state index contributed by atoms with van der Waals surface area (Å²) >= 11 is 0. The van der Waals surface area contributed by atoms with Crippen LogP contribution in [0.15, 0.2) is 83.9 Å². The summed E-state index contributed by atoms with van der Waals surface area (Å²) in [5.74, 6) is -0.870. The van der Waals surface area contributed by atoms with Gasteiger partial charge in [0.25, 0.3) is 11.8 Å². The van der Waals surface area contributed by atoms with Gasteiger partial charge in [0.1, 0.15) is 11.8 Å². The van der Waals surface area contributed by atoms with Crippen LogP contribution in [-0.4, -0.2) is 55.7 Å². The van der Waals surface area contributed by atoms with Crippen molar-refractivity contribution in [3.63, 3.8) is 0 Å². The third-order valence-corrected chi connectivity index (χ3v) is 7.75. The summed E-state index contributed by atoms with van der Waals surface area (Å²) in [6.07, 6.45) is 2.13. The predicted molar refractivity (Wildman–Crippen MR) is 145 cm³/mol. The molecule has 1 aliphatic heterocycles. The first-order valence-electron chi connectivity index (χ1n) is 12.2. The van der Waals surface area contributed by atoms with E-state index in [1.165, 1.54) is 36.3 Å².